The van der Waals surface area contributed by atoms with Crippen LogP contribution >= 0.6 is 0 Å². The number of hydrogen-bond donors (Lipinski definition) is 1. The van der Waals surface area contributed by atoms with Crippen molar-refractivity contribution in [3.05, 3.63) is 48.0 Å². The summed E-state index contributed by atoms with van der Waals surface area (Å²) >= 11 is 0. The second kappa shape index (κ2) is 8.65. The normalized spacial score (nSPS) is 13.8. The van der Waals surface area contributed by atoms with Gasteiger partial charge < -0.3 is 24.6 Å². The SMILES string of the molecule is COc1ccc(C(=O)Nc2ccccc2N2CCN(C(C)=O)CC2)c(OC)c1. The van der Waals surface area contributed by atoms with Crippen molar-refractivity contribution < 1.29 is 19.1 Å². The van der Waals surface area contributed by atoms with E-state index >= 15 is 0 Å². The number of rotatable bonds is 5. The fourth-order valence-electron chi connectivity index (χ4n) is 3.29. The summed E-state index contributed by atoms with van der Waals surface area (Å²) in [6.45, 7) is 4.37. The standard InChI is InChI=1S/C21H25N3O4/c1-15(25)23-10-12-24(13-11-23)19-7-5-4-6-18(19)22-21(26)17-9-8-16(27-2)14-20(17)28-3/h4-9,14H,10-13H2,1-3H3,(H,22,26). The Balaban J connectivity index is 1.79. The van der Waals surface area contributed by atoms with E-state index in [9.17, 15) is 9.59 Å². The van der Waals surface area contributed by atoms with Crippen molar-refractivity contribution in [2.75, 3.05) is 50.6 Å². The zero-order valence-corrected chi connectivity index (χ0v) is 16.4. The maximum Gasteiger partial charge on any atom is 0.259 e. The van der Waals surface area contributed by atoms with Crippen molar-refractivity contribution in [3.8, 4) is 11.5 Å². The van der Waals surface area contributed by atoms with Gasteiger partial charge in [-0.05, 0) is 24.3 Å². The highest BCUT2D eigenvalue weighted by atomic mass is 16.5. The lowest BCUT2D eigenvalue weighted by Gasteiger charge is -2.36. The van der Waals surface area contributed by atoms with E-state index in [2.05, 4.69) is 10.2 Å². The number of piperazine rings is 1. The van der Waals surface area contributed by atoms with E-state index in [0.29, 0.717) is 30.2 Å². The summed E-state index contributed by atoms with van der Waals surface area (Å²) in [7, 11) is 3.09. The molecule has 2 aromatic rings. The van der Waals surface area contributed by atoms with Gasteiger partial charge >= 0.3 is 0 Å². The highest BCUT2D eigenvalue weighted by molar-refractivity contribution is 6.07. The first-order chi connectivity index (χ1) is 13.5. The van der Waals surface area contributed by atoms with Gasteiger partial charge in [0.2, 0.25) is 5.91 Å². The van der Waals surface area contributed by atoms with Gasteiger partial charge in [-0.1, -0.05) is 12.1 Å². The minimum absolute atomic E-state index is 0.0906. The largest absolute Gasteiger partial charge is 0.497 e. The van der Waals surface area contributed by atoms with Crippen molar-refractivity contribution in [3.63, 3.8) is 0 Å². The second-order valence-electron chi connectivity index (χ2n) is 6.53. The summed E-state index contributed by atoms with van der Waals surface area (Å²) < 4.78 is 10.5. The molecule has 1 heterocycles. The third-order valence-electron chi connectivity index (χ3n) is 4.87. The van der Waals surface area contributed by atoms with Crippen molar-refractivity contribution in [2.24, 2.45) is 0 Å². The van der Waals surface area contributed by atoms with Crippen molar-refractivity contribution >= 4 is 23.2 Å². The molecule has 0 aliphatic carbocycles. The van der Waals surface area contributed by atoms with Crippen LogP contribution in [0.5, 0.6) is 11.5 Å². The first-order valence-corrected chi connectivity index (χ1v) is 9.16. The average molecular weight is 383 g/mol. The topological polar surface area (TPSA) is 71.1 Å². The number of carbonyl (C=O) groups excluding carboxylic acids is 2. The Bertz CT molecular complexity index is 860. The van der Waals surface area contributed by atoms with Gasteiger partial charge in [0.1, 0.15) is 11.5 Å². The van der Waals surface area contributed by atoms with Gasteiger partial charge in [-0.2, -0.15) is 0 Å². The molecule has 28 heavy (non-hydrogen) atoms. The highest BCUT2D eigenvalue weighted by Gasteiger charge is 2.22. The molecule has 1 N–H and O–H groups in total. The van der Waals surface area contributed by atoms with Crippen LogP contribution < -0.4 is 19.7 Å². The minimum Gasteiger partial charge on any atom is -0.497 e. The smallest absolute Gasteiger partial charge is 0.259 e. The minimum atomic E-state index is -0.255. The van der Waals surface area contributed by atoms with Crippen LogP contribution in [-0.2, 0) is 4.79 Å². The Morgan fingerprint density at radius 3 is 2.32 bits per heavy atom. The van der Waals surface area contributed by atoms with Crippen LogP contribution in [0.3, 0.4) is 0 Å². The molecular weight excluding hydrogens is 358 g/mol. The van der Waals surface area contributed by atoms with E-state index in [4.69, 9.17) is 9.47 Å². The maximum absolute atomic E-state index is 12.9. The molecule has 0 aromatic heterocycles. The van der Waals surface area contributed by atoms with Crippen LogP contribution in [0.15, 0.2) is 42.5 Å². The van der Waals surface area contributed by atoms with Crippen LogP contribution in [0, 0.1) is 0 Å². The number of carbonyl (C=O) groups is 2. The van der Waals surface area contributed by atoms with Crippen LogP contribution in [0.4, 0.5) is 11.4 Å². The molecule has 0 radical (unpaired) electrons. The molecule has 0 unspecified atom stereocenters. The van der Waals surface area contributed by atoms with E-state index in [-0.39, 0.29) is 11.8 Å². The zero-order chi connectivity index (χ0) is 20.1. The Hall–Kier alpha value is -3.22. The Morgan fingerprint density at radius 2 is 1.68 bits per heavy atom. The number of anilines is 2. The van der Waals surface area contributed by atoms with Crippen molar-refractivity contribution in [1.29, 1.82) is 0 Å². The van der Waals surface area contributed by atoms with E-state index in [1.54, 1.807) is 32.2 Å². The number of amides is 2. The van der Waals surface area contributed by atoms with E-state index in [1.165, 1.54) is 7.11 Å². The maximum atomic E-state index is 12.9. The van der Waals surface area contributed by atoms with Crippen LogP contribution in [-0.4, -0.2) is 57.1 Å². The van der Waals surface area contributed by atoms with Gasteiger partial charge in [0.05, 0.1) is 31.2 Å². The van der Waals surface area contributed by atoms with Gasteiger partial charge in [-0.15, -0.1) is 0 Å². The molecule has 1 aliphatic heterocycles. The summed E-state index contributed by atoms with van der Waals surface area (Å²) in [5.41, 5.74) is 2.09. The van der Waals surface area contributed by atoms with E-state index in [0.717, 1.165) is 24.5 Å². The first kappa shape index (κ1) is 19.5. The summed E-state index contributed by atoms with van der Waals surface area (Å²) in [6.07, 6.45) is 0. The first-order valence-electron chi connectivity index (χ1n) is 9.16. The number of para-hydroxylation sites is 2. The number of nitrogens with zero attached hydrogens (tertiary/aromatic N) is 2. The molecule has 1 aliphatic rings. The highest BCUT2D eigenvalue weighted by Crippen LogP contribution is 2.29. The molecule has 0 atom stereocenters. The number of ether oxygens (including phenoxy) is 2. The van der Waals surface area contributed by atoms with Crippen LogP contribution in [0.2, 0.25) is 0 Å². The summed E-state index contributed by atoms with van der Waals surface area (Å²) in [4.78, 5) is 28.4. The summed E-state index contributed by atoms with van der Waals surface area (Å²) in [5.74, 6) is 0.906. The van der Waals surface area contributed by atoms with E-state index < -0.39 is 0 Å². The number of nitrogens with one attached hydrogen (secondary N) is 1. The quantitative estimate of drug-likeness (QED) is 0.859. The average Bonchev–Trinajstić information content (AvgIpc) is 2.73. The van der Waals surface area contributed by atoms with Crippen molar-refractivity contribution in [2.45, 2.75) is 6.92 Å². The lowest BCUT2D eigenvalue weighted by Crippen LogP contribution is -2.48. The third-order valence-corrected chi connectivity index (χ3v) is 4.87. The van der Waals surface area contributed by atoms with Gasteiger partial charge in [0.15, 0.2) is 0 Å². The fraction of sp³-hybridized carbons (Fsp3) is 0.333. The Morgan fingerprint density at radius 1 is 0.964 bits per heavy atom. The molecule has 1 saturated heterocycles. The number of methoxy groups -OCH3 is 2. The van der Waals surface area contributed by atoms with Crippen LogP contribution in [0.1, 0.15) is 17.3 Å². The molecular formula is C21H25N3O4. The molecule has 1 fully saturated rings. The molecule has 2 aromatic carbocycles. The summed E-state index contributed by atoms with van der Waals surface area (Å²) in [5, 5.41) is 2.99. The second-order valence-corrected chi connectivity index (χ2v) is 6.53. The van der Waals surface area contributed by atoms with Crippen LogP contribution in [0.25, 0.3) is 0 Å². The molecule has 2 amide bonds. The summed E-state index contributed by atoms with van der Waals surface area (Å²) in [6, 6.07) is 12.8. The predicted molar refractivity (Wildman–Crippen MR) is 108 cm³/mol. The molecule has 148 valence electrons. The molecule has 7 heteroatoms. The third kappa shape index (κ3) is 4.19. The zero-order valence-electron chi connectivity index (χ0n) is 16.4. The molecule has 0 bridgehead atoms. The van der Waals surface area contributed by atoms with Gasteiger partial charge in [0, 0.05) is 39.2 Å². The van der Waals surface area contributed by atoms with Gasteiger partial charge in [-0.25, -0.2) is 0 Å². The molecule has 0 spiro atoms. The molecule has 7 nitrogen and oxygen atoms in total. The number of hydrogen-bond acceptors (Lipinski definition) is 5. The fourth-order valence-corrected chi connectivity index (χ4v) is 3.29. The van der Waals surface area contributed by atoms with Gasteiger partial charge in [-0.3, -0.25) is 9.59 Å². The van der Waals surface area contributed by atoms with E-state index in [1.807, 2.05) is 29.2 Å². The Kier molecular flexibility index (Phi) is 6.03. The molecule has 0 saturated carbocycles. The van der Waals surface area contributed by atoms with Crippen molar-refractivity contribution in [1.82, 2.24) is 4.90 Å². The van der Waals surface area contributed by atoms with Gasteiger partial charge in [0.25, 0.3) is 5.91 Å². The lowest BCUT2D eigenvalue weighted by molar-refractivity contribution is -0.129. The monoisotopic (exact) mass is 383 g/mol. The Labute approximate surface area is 164 Å². The number of benzene rings is 2. The predicted octanol–water partition coefficient (Wildman–Crippen LogP) is 2.62. The lowest BCUT2D eigenvalue weighted by atomic mass is 10.1. The molecule has 3 rings (SSSR count).